The van der Waals surface area contributed by atoms with Gasteiger partial charge in [-0.2, -0.15) is 0 Å². The highest BCUT2D eigenvalue weighted by Crippen LogP contribution is 2.54. The Morgan fingerprint density at radius 1 is 0.765 bits per heavy atom. The fourth-order valence-electron chi connectivity index (χ4n) is 11.3. The minimum absolute atomic E-state index is 0.00127. The normalized spacial score (nSPS) is 53.2. The smallest absolute Gasteiger partial charge is 0.172 e. The summed E-state index contributed by atoms with van der Waals surface area (Å²) < 4.78 is 54.0. The second-order valence-corrected chi connectivity index (χ2v) is 17.6. The summed E-state index contributed by atoms with van der Waals surface area (Å²) in [5.41, 5.74) is 8.06. The first-order valence-electron chi connectivity index (χ1n) is 20.1. The lowest BCUT2D eigenvalue weighted by atomic mass is 9.78. The molecule has 0 saturated carbocycles. The summed E-state index contributed by atoms with van der Waals surface area (Å²) in [5, 5.41) is 10.5. The van der Waals surface area contributed by atoms with E-state index >= 15 is 0 Å². The average molecular weight is 714 g/mol. The number of hydrogen-bond acceptors (Lipinski definition) is 11. The molecular formula is C40H59NO10. The molecule has 10 heterocycles. The Hall–Kier alpha value is -1.25. The Morgan fingerprint density at radius 2 is 1.51 bits per heavy atom. The summed E-state index contributed by atoms with van der Waals surface area (Å²) in [4.78, 5) is 14.0. The van der Waals surface area contributed by atoms with Crippen molar-refractivity contribution in [3.63, 3.8) is 0 Å². The highest BCUT2D eigenvalue weighted by Gasteiger charge is 2.68. The van der Waals surface area contributed by atoms with Crippen molar-refractivity contribution in [2.24, 2.45) is 23.5 Å². The molecule has 51 heavy (non-hydrogen) atoms. The first-order valence-corrected chi connectivity index (χ1v) is 20.1. The molecule has 12 bridgehead atoms. The Bertz CT molecular complexity index is 1360. The largest absolute Gasteiger partial charge is 0.392 e. The lowest BCUT2D eigenvalue weighted by Gasteiger charge is -2.47. The summed E-state index contributed by atoms with van der Waals surface area (Å²) in [6.45, 7) is 13.5. The van der Waals surface area contributed by atoms with Crippen LogP contribution >= 0.6 is 0 Å². The van der Waals surface area contributed by atoms with E-state index in [2.05, 4.69) is 27.0 Å². The van der Waals surface area contributed by atoms with E-state index in [1.165, 1.54) is 0 Å². The zero-order chi connectivity index (χ0) is 35.2. The molecule has 4 unspecified atom stereocenters. The van der Waals surface area contributed by atoms with Gasteiger partial charge in [0.05, 0.1) is 61.0 Å². The third kappa shape index (κ3) is 6.53. The van der Waals surface area contributed by atoms with E-state index in [1.807, 2.05) is 0 Å². The van der Waals surface area contributed by atoms with Gasteiger partial charge in [-0.15, -0.1) is 0 Å². The lowest BCUT2D eigenvalue weighted by molar-refractivity contribution is -0.292. The molecular weight excluding hydrogens is 654 g/mol. The van der Waals surface area contributed by atoms with Gasteiger partial charge < -0.3 is 48.7 Å². The van der Waals surface area contributed by atoms with Gasteiger partial charge in [0.15, 0.2) is 5.79 Å². The number of carbonyl (C=O) groups excluding carboxylic acids is 1. The number of Topliss-reactive ketones (excluding diaryl/α,β-unsaturated/α-hetero) is 1. The van der Waals surface area contributed by atoms with Gasteiger partial charge in [0.1, 0.15) is 36.3 Å². The quantitative estimate of drug-likeness (QED) is 0.410. The van der Waals surface area contributed by atoms with Crippen LogP contribution in [0.3, 0.4) is 0 Å². The van der Waals surface area contributed by atoms with E-state index in [0.29, 0.717) is 44.4 Å². The summed E-state index contributed by atoms with van der Waals surface area (Å²) in [7, 11) is 0. The van der Waals surface area contributed by atoms with Crippen molar-refractivity contribution in [2.45, 2.75) is 195 Å². The van der Waals surface area contributed by atoms with Crippen molar-refractivity contribution in [3.8, 4) is 0 Å². The molecule has 1 spiro atoms. The molecule has 0 aromatic rings. The predicted molar refractivity (Wildman–Crippen MR) is 185 cm³/mol. The highest BCUT2D eigenvalue weighted by atomic mass is 16.8. The van der Waals surface area contributed by atoms with E-state index in [0.717, 1.165) is 56.1 Å². The maximum atomic E-state index is 14.0. The number of carbonyl (C=O) groups is 1. The van der Waals surface area contributed by atoms with Crippen LogP contribution in [-0.4, -0.2) is 115 Å². The summed E-state index contributed by atoms with van der Waals surface area (Å²) >= 11 is 0. The number of rotatable bonds is 3. The van der Waals surface area contributed by atoms with Crippen molar-refractivity contribution in [1.82, 2.24) is 0 Å². The monoisotopic (exact) mass is 713 g/mol. The minimum atomic E-state index is -0.765. The summed E-state index contributed by atoms with van der Waals surface area (Å²) in [5.74, 6) is -0.222. The third-order valence-electron chi connectivity index (χ3n) is 14.2. The fraction of sp³-hybridized carbons (Fsp3) is 0.875. The van der Waals surface area contributed by atoms with Crippen LogP contribution in [-0.2, 0) is 42.7 Å². The standard InChI is InChI=1S/C40H59NO10/c1-19-11-25-5-7-29-20(2)12-27(44-29)9-10-40-17-34-36(50-40)37-38(49-34)39(51-40)35-30(48-37)8-6-26(46-35)13-23(42)14-28-22(4)31(15-24(43)18-41)47-33(28)16-32(45-25)21(19)3/h19,22,24-39,43H,2-3,5-18,41H2,1,4H3/t19-,22-,24+,25-,26?,27+,28-,29?,30+,31-,32?,33+,34-,35+,36?,37+,38-,39+,40+/m1/s1. The van der Waals surface area contributed by atoms with Crippen LogP contribution in [0.4, 0.5) is 0 Å². The molecule has 3 N–H and O–H groups in total. The first kappa shape index (κ1) is 35.5. The van der Waals surface area contributed by atoms with Crippen LogP contribution in [0.2, 0.25) is 0 Å². The van der Waals surface area contributed by atoms with Crippen LogP contribution < -0.4 is 5.73 Å². The second kappa shape index (κ2) is 13.8. The molecule has 0 aliphatic carbocycles. The van der Waals surface area contributed by atoms with E-state index in [-0.39, 0.29) is 110 Å². The third-order valence-corrected chi connectivity index (χ3v) is 14.2. The number of ketones is 1. The number of hydrogen-bond donors (Lipinski definition) is 2. The Morgan fingerprint density at radius 3 is 2.35 bits per heavy atom. The maximum Gasteiger partial charge on any atom is 0.172 e. The SMILES string of the molecule is C=C1C[C@@H]2CC[C@@]34C[C@H]5O[C@H]6[C@@H](O3)[C@H]3OC(CC[C@@H]3O[C@H]6C5O4)CC(=O)C[C@@H]3[C@@H](C)[C@@H](C[C@H](O)CN)O[C@H]3CC3O[C@H](CCC1O2)C[C@@H](C)C3=C. The molecule has 284 valence electrons. The number of ether oxygens (including phenoxy) is 8. The molecule has 10 saturated heterocycles. The van der Waals surface area contributed by atoms with Gasteiger partial charge in [0.25, 0.3) is 0 Å². The van der Waals surface area contributed by atoms with Gasteiger partial charge in [-0.3, -0.25) is 4.79 Å². The number of aliphatic hydroxyl groups excluding tert-OH is 1. The van der Waals surface area contributed by atoms with E-state index < -0.39 is 11.9 Å². The van der Waals surface area contributed by atoms with Crippen LogP contribution in [0.15, 0.2) is 24.3 Å². The van der Waals surface area contributed by atoms with Gasteiger partial charge in [-0.25, -0.2) is 0 Å². The fourth-order valence-corrected chi connectivity index (χ4v) is 11.3. The van der Waals surface area contributed by atoms with Crippen LogP contribution in [0.1, 0.15) is 97.3 Å². The van der Waals surface area contributed by atoms with E-state index in [9.17, 15) is 9.90 Å². The van der Waals surface area contributed by atoms with Crippen LogP contribution in [0, 0.1) is 17.8 Å². The van der Waals surface area contributed by atoms with Gasteiger partial charge in [-0.1, -0.05) is 27.0 Å². The number of fused-ring (bicyclic) bond motifs is 6. The summed E-state index contributed by atoms with van der Waals surface area (Å²) in [6.07, 6.45) is 6.43. The van der Waals surface area contributed by atoms with Gasteiger partial charge in [0.2, 0.25) is 0 Å². The molecule has 10 fully saturated rings. The molecule has 0 aromatic carbocycles. The second-order valence-electron chi connectivity index (χ2n) is 17.6. The molecule has 10 aliphatic heterocycles. The summed E-state index contributed by atoms with van der Waals surface area (Å²) in [6, 6.07) is 0. The first-order chi connectivity index (χ1) is 24.6. The number of nitrogens with two attached hydrogens (primary N) is 1. The lowest BCUT2D eigenvalue weighted by Crippen LogP contribution is -2.61. The van der Waals surface area contributed by atoms with Crippen LogP contribution in [0.25, 0.3) is 0 Å². The van der Waals surface area contributed by atoms with Crippen molar-refractivity contribution < 1.29 is 47.8 Å². The molecule has 11 nitrogen and oxygen atoms in total. The van der Waals surface area contributed by atoms with Gasteiger partial charge in [-0.05, 0) is 73.8 Å². The molecule has 0 amide bonds. The maximum absolute atomic E-state index is 14.0. The topological polar surface area (TPSA) is 137 Å². The van der Waals surface area contributed by atoms with Crippen molar-refractivity contribution >= 4 is 5.78 Å². The average Bonchev–Trinajstić information content (AvgIpc) is 3.77. The predicted octanol–water partition coefficient (Wildman–Crippen LogP) is 4.06. The van der Waals surface area contributed by atoms with Crippen molar-refractivity contribution in [3.05, 3.63) is 24.3 Å². The van der Waals surface area contributed by atoms with Crippen LogP contribution in [0.5, 0.6) is 0 Å². The molecule has 0 aromatic heterocycles. The molecule has 0 radical (unpaired) electrons. The Balaban J connectivity index is 0.986. The van der Waals surface area contributed by atoms with Crippen molar-refractivity contribution in [1.29, 1.82) is 0 Å². The zero-order valence-corrected chi connectivity index (χ0v) is 30.4. The Kier molecular flexibility index (Phi) is 9.59. The highest BCUT2D eigenvalue weighted by molar-refractivity contribution is 5.79. The van der Waals surface area contributed by atoms with E-state index in [4.69, 9.17) is 43.6 Å². The van der Waals surface area contributed by atoms with E-state index in [1.54, 1.807) is 0 Å². The molecule has 10 rings (SSSR count). The molecule has 11 heteroatoms. The Labute approximate surface area is 302 Å². The minimum Gasteiger partial charge on any atom is -0.392 e. The molecule has 19 atom stereocenters. The molecule has 10 aliphatic rings. The van der Waals surface area contributed by atoms with Gasteiger partial charge in [0, 0.05) is 45.1 Å². The van der Waals surface area contributed by atoms with Crippen molar-refractivity contribution in [2.75, 3.05) is 6.54 Å². The zero-order valence-electron chi connectivity index (χ0n) is 30.4. The van der Waals surface area contributed by atoms with Gasteiger partial charge >= 0.3 is 0 Å². The number of aliphatic hydroxyl groups is 1.